The summed E-state index contributed by atoms with van der Waals surface area (Å²) in [5.41, 5.74) is 4.74. The first-order valence-corrected chi connectivity index (χ1v) is 7.41. The molecule has 3 rings (SSSR count). The quantitative estimate of drug-likeness (QED) is 0.388. The monoisotopic (exact) mass is 318 g/mol. The second kappa shape index (κ2) is 9.69. The molecule has 0 saturated heterocycles. The molecule has 0 radical (unpaired) electrons. The van der Waals surface area contributed by atoms with Crippen molar-refractivity contribution in [1.29, 1.82) is 0 Å². The van der Waals surface area contributed by atoms with E-state index < -0.39 is 0 Å². The Bertz CT molecular complexity index is 760. The van der Waals surface area contributed by atoms with Crippen molar-refractivity contribution in [3.8, 4) is 0 Å². The molecule has 1 aliphatic rings. The lowest BCUT2D eigenvalue weighted by atomic mass is 10.1. The lowest BCUT2D eigenvalue weighted by molar-refractivity contribution is 0.566. The topological polar surface area (TPSA) is 79.8 Å². The van der Waals surface area contributed by atoms with Crippen molar-refractivity contribution < 1.29 is 4.79 Å². The summed E-state index contributed by atoms with van der Waals surface area (Å²) in [4.78, 5) is 10.6. The smallest absolute Gasteiger partial charge is 0.130 e. The molecule has 0 fully saturated rings. The van der Waals surface area contributed by atoms with E-state index in [0.717, 1.165) is 11.4 Å². The number of nitrogens with two attached hydrogens (primary N) is 1. The molecule has 5 nitrogen and oxygen atoms in total. The first-order chi connectivity index (χ1) is 11.8. The summed E-state index contributed by atoms with van der Waals surface area (Å²) < 4.78 is 0. The molecule has 120 valence electrons. The summed E-state index contributed by atoms with van der Waals surface area (Å²) in [6, 6.07) is 18.7. The van der Waals surface area contributed by atoms with Crippen LogP contribution in [0.25, 0.3) is 0 Å². The Labute approximate surface area is 140 Å². The van der Waals surface area contributed by atoms with Crippen molar-refractivity contribution in [2.75, 3.05) is 5.43 Å². The van der Waals surface area contributed by atoms with Gasteiger partial charge in [0.2, 0.25) is 0 Å². The van der Waals surface area contributed by atoms with Crippen LogP contribution >= 0.6 is 0 Å². The van der Waals surface area contributed by atoms with E-state index in [0.29, 0.717) is 5.57 Å². The van der Waals surface area contributed by atoms with Crippen molar-refractivity contribution in [3.05, 3.63) is 90.5 Å². The van der Waals surface area contributed by atoms with Crippen LogP contribution in [0.15, 0.2) is 101 Å². The number of allylic oxidation sites excluding steroid dienone is 2. The molecule has 1 aliphatic carbocycles. The van der Waals surface area contributed by atoms with E-state index in [9.17, 15) is 4.79 Å². The zero-order valence-corrected chi connectivity index (χ0v) is 13.0. The first-order valence-electron chi connectivity index (χ1n) is 7.41. The molecule has 0 amide bonds. The van der Waals surface area contributed by atoms with Crippen LogP contribution in [0.3, 0.4) is 0 Å². The molecule has 24 heavy (non-hydrogen) atoms. The number of hydrazine groups is 1. The van der Waals surface area contributed by atoms with Gasteiger partial charge < -0.3 is 5.43 Å². The fourth-order valence-corrected chi connectivity index (χ4v) is 1.88. The van der Waals surface area contributed by atoms with Gasteiger partial charge in [0.05, 0.1) is 11.3 Å². The van der Waals surface area contributed by atoms with Crippen LogP contribution in [0.4, 0.5) is 11.4 Å². The highest BCUT2D eigenvalue weighted by Gasteiger charge is 2.10. The highest BCUT2D eigenvalue weighted by atomic mass is 16.1. The summed E-state index contributed by atoms with van der Waals surface area (Å²) in [6.07, 6.45) is 7.14. The van der Waals surface area contributed by atoms with Crippen LogP contribution in [0.1, 0.15) is 0 Å². The molecule has 0 spiro atoms. The highest BCUT2D eigenvalue weighted by Crippen LogP contribution is 2.16. The highest BCUT2D eigenvalue weighted by molar-refractivity contribution is 5.62. The van der Waals surface area contributed by atoms with Gasteiger partial charge in [-0.05, 0) is 30.3 Å². The van der Waals surface area contributed by atoms with E-state index in [-0.39, 0.29) is 6.04 Å². The van der Waals surface area contributed by atoms with Crippen LogP contribution in [-0.4, -0.2) is 12.0 Å². The van der Waals surface area contributed by atoms with Gasteiger partial charge in [-0.2, -0.15) is 10.2 Å². The molecule has 0 aliphatic heterocycles. The molecule has 1 unspecified atom stereocenters. The molecule has 5 heteroatoms. The maximum Gasteiger partial charge on any atom is 0.130 e. The number of rotatable bonds is 3. The van der Waals surface area contributed by atoms with Crippen LogP contribution < -0.4 is 11.3 Å². The molecule has 0 bridgehead atoms. The minimum absolute atomic E-state index is 0.317. The molecule has 0 heterocycles. The molecule has 3 N–H and O–H groups in total. The van der Waals surface area contributed by atoms with Crippen LogP contribution in [0, 0.1) is 0 Å². The molecule has 0 saturated carbocycles. The van der Waals surface area contributed by atoms with Gasteiger partial charge in [-0.3, -0.25) is 5.84 Å². The van der Waals surface area contributed by atoms with Crippen molar-refractivity contribution >= 4 is 17.3 Å². The Balaban J connectivity index is 0.000000219. The number of nitrogens with one attached hydrogen (secondary N) is 1. The van der Waals surface area contributed by atoms with Crippen LogP contribution in [-0.2, 0) is 4.79 Å². The van der Waals surface area contributed by atoms with Crippen LogP contribution in [0.5, 0.6) is 0 Å². The number of benzene rings is 2. The van der Waals surface area contributed by atoms with E-state index >= 15 is 0 Å². The summed E-state index contributed by atoms with van der Waals surface area (Å²) in [5.74, 6) is 6.96. The van der Waals surface area contributed by atoms with Crippen molar-refractivity contribution in [2.24, 2.45) is 16.1 Å². The lowest BCUT2D eigenvalue weighted by Crippen LogP contribution is -2.05. The fourth-order valence-electron chi connectivity index (χ4n) is 1.88. The van der Waals surface area contributed by atoms with E-state index in [1.807, 2.05) is 78.8 Å². The number of hydrogen-bond acceptors (Lipinski definition) is 5. The normalized spacial score (nSPS) is 15.5. The van der Waals surface area contributed by atoms with Gasteiger partial charge in [0.15, 0.2) is 0 Å². The Hall–Kier alpha value is -3.27. The summed E-state index contributed by atoms with van der Waals surface area (Å²) in [6.45, 7) is 0. The zero-order valence-electron chi connectivity index (χ0n) is 13.0. The van der Waals surface area contributed by atoms with E-state index in [1.54, 1.807) is 12.2 Å². The number of azo groups is 1. The molecule has 0 aromatic heterocycles. The SMILES string of the molecule is NNc1ccccc1.O=C=C1C=CC=CC1N=Nc1ccccc1. The molecule has 2 aromatic carbocycles. The lowest BCUT2D eigenvalue weighted by Gasteiger charge is -2.06. The fraction of sp³-hybridized carbons (Fsp3) is 0.0526. The van der Waals surface area contributed by atoms with Gasteiger partial charge >= 0.3 is 0 Å². The third kappa shape index (κ3) is 5.50. The van der Waals surface area contributed by atoms with Gasteiger partial charge in [0.1, 0.15) is 12.0 Å². The third-order valence-corrected chi connectivity index (χ3v) is 3.11. The number of hydrogen-bond donors (Lipinski definition) is 2. The summed E-state index contributed by atoms with van der Waals surface area (Å²) >= 11 is 0. The Morgan fingerprint density at radius 2 is 1.62 bits per heavy atom. The van der Waals surface area contributed by atoms with Crippen molar-refractivity contribution in [3.63, 3.8) is 0 Å². The van der Waals surface area contributed by atoms with Crippen molar-refractivity contribution in [2.45, 2.75) is 6.04 Å². The Kier molecular flexibility index (Phi) is 6.90. The van der Waals surface area contributed by atoms with E-state index in [1.165, 1.54) is 0 Å². The predicted molar refractivity (Wildman–Crippen MR) is 96.5 cm³/mol. The maximum absolute atomic E-state index is 10.6. The van der Waals surface area contributed by atoms with Gasteiger partial charge in [0.25, 0.3) is 0 Å². The minimum Gasteiger partial charge on any atom is -0.324 e. The zero-order chi connectivity index (χ0) is 17.0. The number of carbonyl (C=O) groups excluding carboxylic acids is 1. The maximum atomic E-state index is 10.6. The van der Waals surface area contributed by atoms with E-state index in [4.69, 9.17) is 5.84 Å². The first kappa shape index (κ1) is 17.1. The van der Waals surface area contributed by atoms with E-state index in [2.05, 4.69) is 15.7 Å². The van der Waals surface area contributed by atoms with Crippen molar-refractivity contribution in [1.82, 2.24) is 0 Å². The summed E-state index contributed by atoms with van der Waals surface area (Å²) in [7, 11) is 0. The van der Waals surface area contributed by atoms with Gasteiger partial charge in [-0.15, -0.1) is 0 Å². The largest absolute Gasteiger partial charge is 0.324 e. The Morgan fingerprint density at radius 3 is 2.21 bits per heavy atom. The van der Waals surface area contributed by atoms with Crippen LogP contribution in [0.2, 0.25) is 0 Å². The average Bonchev–Trinajstić information content (AvgIpc) is 2.68. The minimum atomic E-state index is -0.317. The Morgan fingerprint density at radius 1 is 0.958 bits per heavy atom. The standard InChI is InChI=1S/C13H10N2O.C6H8N2/c16-10-11-6-4-5-9-13(11)15-14-12-7-2-1-3-8-12;7-8-6-4-2-1-3-5-6/h1-9,13H;1-5,8H,7H2. The molecule has 2 aromatic rings. The number of anilines is 1. The average molecular weight is 318 g/mol. The van der Waals surface area contributed by atoms with Gasteiger partial charge in [0, 0.05) is 5.69 Å². The number of nitrogen functional groups attached to an aromatic ring is 1. The number of para-hydroxylation sites is 1. The van der Waals surface area contributed by atoms with Gasteiger partial charge in [-0.25, -0.2) is 4.79 Å². The summed E-state index contributed by atoms with van der Waals surface area (Å²) in [5, 5.41) is 8.16. The predicted octanol–water partition coefficient (Wildman–Crippen LogP) is 4.00. The second-order valence-corrected chi connectivity index (χ2v) is 4.81. The third-order valence-electron chi connectivity index (χ3n) is 3.11. The molecular formula is C19H18N4O. The number of nitrogens with zero attached hydrogens (tertiary/aromatic N) is 2. The second-order valence-electron chi connectivity index (χ2n) is 4.81. The van der Waals surface area contributed by atoms with Gasteiger partial charge in [-0.1, -0.05) is 54.6 Å². The molecule has 1 atom stereocenters. The molecular weight excluding hydrogens is 300 g/mol.